The summed E-state index contributed by atoms with van der Waals surface area (Å²) in [6, 6.07) is 7.44. The van der Waals surface area contributed by atoms with Gasteiger partial charge >= 0.3 is 12.1 Å². The number of hydrogen-bond acceptors (Lipinski definition) is 7. The number of carbonyl (C=O) groups is 2. The van der Waals surface area contributed by atoms with Gasteiger partial charge in [-0.1, -0.05) is 30.0 Å². The fraction of sp³-hybridized carbons (Fsp3) is 0.520. The molecule has 35 heavy (non-hydrogen) atoms. The maximum absolute atomic E-state index is 14.0. The van der Waals surface area contributed by atoms with E-state index in [1.54, 1.807) is 9.80 Å². The van der Waals surface area contributed by atoms with E-state index < -0.39 is 5.60 Å². The molecule has 3 aliphatic rings. The molecule has 1 fully saturated rings. The molecule has 3 amide bonds. The van der Waals surface area contributed by atoms with Crippen LogP contribution < -0.4 is 9.80 Å². The minimum Gasteiger partial charge on any atom is -0.443 e. The van der Waals surface area contributed by atoms with E-state index in [0.717, 1.165) is 23.2 Å². The predicted octanol–water partition coefficient (Wildman–Crippen LogP) is 4.62. The van der Waals surface area contributed by atoms with E-state index in [9.17, 15) is 9.59 Å². The topological polar surface area (TPSA) is 88.1 Å². The normalized spacial score (nSPS) is 22.2. The van der Waals surface area contributed by atoms with Gasteiger partial charge in [0.1, 0.15) is 11.4 Å². The van der Waals surface area contributed by atoms with E-state index in [0.29, 0.717) is 43.7 Å². The molecule has 1 aromatic carbocycles. The number of urea groups is 1. The Balaban J connectivity index is 1.50. The van der Waals surface area contributed by atoms with Crippen LogP contribution in [0.1, 0.15) is 50.8 Å². The maximum atomic E-state index is 14.0. The number of amides is 3. The molecular weight excluding hydrogens is 466 g/mol. The third-order valence-corrected chi connectivity index (χ3v) is 7.06. The minimum atomic E-state index is -0.588. The highest BCUT2D eigenvalue weighted by Crippen LogP contribution is 2.42. The first-order chi connectivity index (χ1) is 16.8. The molecule has 9 nitrogen and oxygen atoms in total. The number of aromatic nitrogens is 2. The summed E-state index contributed by atoms with van der Waals surface area (Å²) in [5, 5.41) is 0.643. The number of nitrogens with zero attached hydrogens (tertiary/aromatic N) is 5. The van der Waals surface area contributed by atoms with Crippen molar-refractivity contribution in [2.24, 2.45) is 0 Å². The molecule has 2 aromatic rings. The quantitative estimate of drug-likeness (QED) is 0.452. The molecule has 1 saturated heterocycles. The Morgan fingerprint density at radius 2 is 2.03 bits per heavy atom. The highest BCUT2D eigenvalue weighted by molar-refractivity contribution is 7.98. The van der Waals surface area contributed by atoms with Crippen LogP contribution in [0.25, 0.3) is 0 Å². The number of fused-ring (bicyclic) bond motifs is 2. The highest BCUT2D eigenvalue weighted by atomic mass is 32.2. The van der Waals surface area contributed by atoms with E-state index in [-0.39, 0.29) is 24.2 Å². The summed E-state index contributed by atoms with van der Waals surface area (Å²) in [7, 11) is 0. The molecule has 4 heterocycles. The fourth-order valence-corrected chi connectivity index (χ4v) is 5.29. The van der Waals surface area contributed by atoms with Crippen molar-refractivity contribution < 1.29 is 19.1 Å². The number of rotatable bonds is 3. The van der Waals surface area contributed by atoms with Gasteiger partial charge in [-0.2, -0.15) is 0 Å². The first-order valence-corrected chi connectivity index (χ1v) is 13.2. The number of ether oxygens (including phenoxy) is 2. The molecule has 186 valence electrons. The number of para-hydroxylation sites is 1. The van der Waals surface area contributed by atoms with E-state index in [4.69, 9.17) is 14.5 Å². The van der Waals surface area contributed by atoms with Crippen molar-refractivity contribution >= 4 is 35.4 Å². The summed E-state index contributed by atoms with van der Waals surface area (Å²) in [5.41, 5.74) is 2.04. The fourth-order valence-electron chi connectivity index (χ4n) is 4.95. The third kappa shape index (κ3) is 4.56. The zero-order valence-corrected chi connectivity index (χ0v) is 21.4. The second kappa shape index (κ2) is 9.31. The third-order valence-electron chi connectivity index (χ3n) is 6.50. The standard InChI is InChI=1S/C25H31N5O4S/c1-25(2,3)34-24(32)28-11-9-20(18-7-5-6-8-19(18)28)29-14-16-13-26-22(35-4)27-21(16)30(23(29)31)17-10-12-33-15-17/h5-8,13,17,20H,9-12,14-15H2,1-4H3/t17?,20-/m0/s1. The predicted molar refractivity (Wildman–Crippen MR) is 134 cm³/mol. The molecule has 2 atom stereocenters. The first-order valence-electron chi connectivity index (χ1n) is 11.9. The van der Waals surface area contributed by atoms with Gasteiger partial charge in [0.25, 0.3) is 0 Å². The average Bonchev–Trinajstić information content (AvgIpc) is 3.36. The van der Waals surface area contributed by atoms with Gasteiger partial charge in [0.15, 0.2) is 5.16 Å². The molecule has 0 saturated carbocycles. The summed E-state index contributed by atoms with van der Waals surface area (Å²) in [5.74, 6) is 0.681. The largest absolute Gasteiger partial charge is 0.443 e. The van der Waals surface area contributed by atoms with Crippen molar-refractivity contribution in [3.05, 3.63) is 41.6 Å². The Bertz CT molecular complexity index is 1130. The smallest absolute Gasteiger partial charge is 0.414 e. The van der Waals surface area contributed by atoms with Gasteiger partial charge in [-0.3, -0.25) is 9.80 Å². The van der Waals surface area contributed by atoms with Crippen LogP contribution in [0.5, 0.6) is 0 Å². The Hall–Kier alpha value is -2.85. The van der Waals surface area contributed by atoms with E-state index in [1.807, 2.05) is 62.4 Å². The van der Waals surface area contributed by atoms with Crippen LogP contribution in [0, 0.1) is 0 Å². The Morgan fingerprint density at radius 3 is 2.74 bits per heavy atom. The van der Waals surface area contributed by atoms with Crippen molar-refractivity contribution in [1.82, 2.24) is 14.9 Å². The van der Waals surface area contributed by atoms with Crippen molar-refractivity contribution in [1.29, 1.82) is 0 Å². The van der Waals surface area contributed by atoms with Gasteiger partial charge in [0.05, 0.1) is 30.9 Å². The van der Waals surface area contributed by atoms with Crippen LogP contribution in [-0.4, -0.2) is 64.6 Å². The van der Waals surface area contributed by atoms with Crippen molar-refractivity contribution in [3.8, 4) is 0 Å². The average molecular weight is 498 g/mol. The lowest BCUT2D eigenvalue weighted by Crippen LogP contribution is -2.54. The summed E-state index contributed by atoms with van der Waals surface area (Å²) in [6.07, 6.45) is 4.76. The lowest BCUT2D eigenvalue weighted by atomic mass is 9.94. The van der Waals surface area contributed by atoms with Crippen molar-refractivity contribution in [2.45, 2.75) is 63.0 Å². The molecule has 1 aromatic heterocycles. The van der Waals surface area contributed by atoms with E-state index in [2.05, 4.69) is 4.98 Å². The molecule has 0 radical (unpaired) electrons. The van der Waals surface area contributed by atoms with Crippen LogP contribution in [0.15, 0.2) is 35.6 Å². The molecule has 0 spiro atoms. The van der Waals surface area contributed by atoms with Gasteiger partial charge < -0.3 is 14.4 Å². The van der Waals surface area contributed by atoms with Crippen molar-refractivity contribution in [2.75, 3.05) is 35.8 Å². The van der Waals surface area contributed by atoms with Gasteiger partial charge in [-0.25, -0.2) is 19.6 Å². The molecule has 0 aliphatic carbocycles. The summed E-state index contributed by atoms with van der Waals surface area (Å²) in [6.45, 7) is 7.57. The first kappa shape index (κ1) is 23.9. The van der Waals surface area contributed by atoms with Crippen LogP contribution in [0.3, 0.4) is 0 Å². The minimum absolute atomic E-state index is 0.0641. The van der Waals surface area contributed by atoms with E-state index >= 15 is 0 Å². The SMILES string of the molecule is CSc1ncc2c(n1)N(C1CCOC1)C(=O)N([C@H]1CCN(C(=O)OC(C)(C)C)c3ccccc31)C2. The molecular formula is C25H31N5O4S. The van der Waals surface area contributed by atoms with Crippen LogP contribution in [-0.2, 0) is 16.0 Å². The summed E-state index contributed by atoms with van der Waals surface area (Å²) < 4.78 is 11.3. The maximum Gasteiger partial charge on any atom is 0.414 e. The molecule has 10 heteroatoms. The lowest BCUT2D eigenvalue weighted by Gasteiger charge is -2.45. The number of carbonyl (C=O) groups excluding carboxylic acids is 2. The second-order valence-electron chi connectivity index (χ2n) is 10.00. The Kier molecular flexibility index (Phi) is 6.35. The highest BCUT2D eigenvalue weighted by Gasteiger charge is 2.43. The van der Waals surface area contributed by atoms with Crippen LogP contribution >= 0.6 is 11.8 Å². The molecule has 5 rings (SSSR count). The van der Waals surface area contributed by atoms with Gasteiger partial charge in [-0.05, 0) is 51.5 Å². The van der Waals surface area contributed by atoms with Gasteiger partial charge in [-0.15, -0.1) is 0 Å². The molecule has 3 aliphatic heterocycles. The molecule has 0 bridgehead atoms. The zero-order chi connectivity index (χ0) is 24.7. The summed E-state index contributed by atoms with van der Waals surface area (Å²) in [4.78, 5) is 41.5. The van der Waals surface area contributed by atoms with Crippen LogP contribution in [0.2, 0.25) is 0 Å². The lowest BCUT2D eigenvalue weighted by molar-refractivity contribution is 0.0572. The number of thioether (sulfide) groups is 1. The van der Waals surface area contributed by atoms with Gasteiger partial charge in [0.2, 0.25) is 0 Å². The summed E-state index contributed by atoms with van der Waals surface area (Å²) >= 11 is 1.46. The molecule has 0 N–H and O–H groups in total. The van der Waals surface area contributed by atoms with Gasteiger partial charge in [0, 0.05) is 24.9 Å². The zero-order valence-electron chi connectivity index (χ0n) is 20.6. The molecule has 1 unspecified atom stereocenters. The monoisotopic (exact) mass is 497 g/mol. The number of benzene rings is 1. The second-order valence-corrected chi connectivity index (χ2v) is 10.8. The number of anilines is 2. The van der Waals surface area contributed by atoms with E-state index in [1.165, 1.54) is 11.8 Å². The Morgan fingerprint density at radius 1 is 1.23 bits per heavy atom. The number of hydrogen-bond donors (Lipinski definition) is 0. The van der Waals surface area contributed by atoms with Crippen molar-refractivity contribution in [3.63, 3.8) is 0 Å². The van der Waals surface area contributed by atoms with Crippen LogP contribution in [0.4, 0.5) is 21.1 Å². The Labute approximate surface area is 209 Å².